The second kappa shape index (κ2) is 5.66. The van der Waals surface area contributed by atoms with E-state index in [1.54, 1.807) is 6.92 Å². The zero-order valence-electron chi connectivity index (χ0n) is 9.25. The minimum absolute atomic E-state index is 0.0147. The Bertz CT molecular complexity index is 458. The highest BCUT2D eigenvalue weighted by Crippen LogP contribution is 2.12. The Morgan fingerprint density at radius 1 is 1.53 bits per heavy atom. The summed E-state index contributed by atoms with van der Waals surface area (Å²) < 4.78 is 4.87. The summed E-state index contributed by atoms with van der Waals surface area (Å²) in [5.74, 6) is 1.82. The van der Waals surface area contributed by atoms with Crippen LogP contribution in [0.2, 0.25) is 0 Å². The van der Waals surface area contributed by atoms with E-state index in [2.05, 4.69) is 5.92 Å². The molecule has 0 aliphatic carbocycles. The monoisotopic (exact) mass is 233 g/mol. The molecule has 0 saturated carbocycles. The van der Waals surface area contributed by atoms with Gasteiger partial charge < -0.3 is 4.74 Å². The van der Waals surface area contributed by atoms with Crippen LogP contribution in [0.5, 0.6) is 0 Å². The molecule has 0 radical (unpaired) electrons. The second-order valence-electron chi connectivity index (χ2n) is 3.40. The number of hydrogen-bond donors (Lipinski definition) is 0. The smallest absolute Gasteiger partial charge is 0.311 e. The van der Waals surface area contributed by atoms with Gasteiger partial charge in [-0.3, -0.25) is 14.9 Å². The van der Waals surface area contributed by atoms with Crippen LogP contribution in [0.1, 0.15) is 12.5 Å². The quantitative estimate of drug-likeness (QED) is 0.343. The van der Waals surface area contributed by atoms with Crippen LogP contribution < -0.4 is 0 Å². The fourth-order valence-corrected chi connectivity index (χ4v) is 1.18. The molecule has 0 saturated heterocycles. The first-order valence-electron chi connectivity index (χ1n) is 4.92. The van der Waals surface area contributed by atoms with E-state index in [-0.39, 0.29) is 12.1 Å². The van der Waals surface area contributed by atoms with Gasteiger partial charge in [-0.1, -0.05) is 18.1 Å². The molecule has 0 fully saturated rings. The highest BCUT2D eigenvalue weighted by Gasteiger charge is 2.10. The number of nitro benzene ring substituents is 1. The van der Waals surface area contributed by atoms with Crippen molar-refractivity contribution in [3.8, 4) is 12.3 Å². The first-order valence-corrected chi connectivity index (χ1v) is 4.92. The summed E-state index contributed by atoms with van der Waals surface area (Å²) >= 11 is 0. The Labute approximate surface area is 98.5 Å². The number of nitrogens with zero attached hydrogens (tertiary/aromatic N) is 1. The molecule has 1 unspecified atom stereocenters. The minimum Gasteiger partial charge on any atom is -0.449 e. The van der Waals surface area contributed by atoms with Gasteiger partial charge in [0.15, 0.2) is 6.10 Å². The fraction of sp³-hybridized carbons (Fsp3) is 0.250. The molecule has 17 heavy (non-hydrogen) atoms. The first-order chi connectivity index (χ1) is 8.02. The third kappa shape index (κ3) is 3.95. The van der Waals surface area contributed by atoms with Crippen molar-refractivity contribution in [1.29, 1.82) is 0 Å². The van der Waals surface area contributed by atoms with Crippen molar-refractivity contribution < 1.29 is 14.5 Å². The van der Waals surface area contributed by atoms with Crippen LogP contribution >= 0.6 is 0 Å². The predicted molar refractivity (Wildman–Crippen MR) is 61.2 cm³/mol. The Balaban J connectivity index is 2.61. The lowest BCUT2D eigenvalue weighted by Crippen LogP contribution is -2.14. The SMILES string of the molecule is C#CC(C)OC(=O)Cc1ccc([N+](=O)[O-])cc1. The first kappa shape index (κ1) is 12.7. The van der Waals surface area contributed by atoms with Gasteiger partial charge in [0.1, 0.15) is 0 Å². The van der Waals surface area contributed by atoms with Gasteiger partial charge in [-0.2, -0.15) is 0 Å². The van der Waals surface area contributed by atoms with Crippen LogP contribution in [-0.2, 0) is 16.0 Å². The molecule has 5 nitrogen and oxygen atoms in total. The Morgan fingerprint density at radius 3 is 2.59 bits per heavy atom. The molecule has 88 valence electrons. The zero-order valence-corrected chi connectivity index (χ0v) is 9.25. The van der Waals surface area contributed by atoms with E-state index in [9.17, 15) is 14.9 Å². The maximum absolute atomic E-state index is 11.3. The third-order valence-electron chi connectivity index (χ3n) is 2.04. The summed E-state index contributed by atoms with van der Waals surface area (Å²) in [6.45, 7) is 1.59. The number of carbonyl (C=O) groups is 1. The highest BCUT2D eigenvalue weighted by atomic mass is 16.6. The van der Waals surface area contributed by atoms with Crippen molar-refractivity contribution in [3.63, 3.8) is 0 Å². The molecule has 0 N–H and O–H groups in total. The molecular weight excluding hydrogens is 222 g/mol. The van der Waals surface area contributed by atoms with Gasteiger partial charge in [0.25, 0.3) is 5.69 Å². The van der Waals surface area contributed by atoms with Crippen LogP contribution in [-0.4, -0.2) is 17.0 Å². The lowest BCUT2D eigenvalue weighted by atomic mass is 10.1. The number of esters is 1. The number of ether oxygens (including phenoxy) is 1. The number of terminal acetylenes is 1. The number of benzene rings is 1. The van der Waals surface area contributed by atoms with E-state index in [4.69, 9.17) is 11.2 Å². The Kier molecular flexibility index (Phi) is 4.23. The molecule has 0 aliphatic rings. The van der Waals surface area contributed by atoms with Gasteiger partial charge in [-0.15, -0.1) is 6.42 Å². The summed E-state index contributed by atoms with van der Waals surface area (Å²) in [6.07, 6.45) is 4.54. The van der Waals surface area contributed by atoms with Gasteiger partial charge in [0, 0.05) is 12.1 Å². The third-order valence-corrected chi connectivity index (χ3v) is 2.04. The van der Waals surface area contributed by atoms with E-state index >= 15 is 0 Å². The summed E-state index contributed by atoms with van der Waals surface area (Å²) in [5, 5.41) is 10.4. The minimum atomic E-state index is -0.569. The largest absolute Gasteiger partial charge is 0.449 e. The van der Waals surface area contributed by atoms with Gasteiger partial charge in [0.05, 0.1) is 11.3 Å². The van der Waals surface area contributed by atoms with E-state index < -0.39 is 17.0 Å². The van der Waals surface area contributed by atoms with Gasteiger partial charge >= 0.3 is 5.97 Å². The van der Waals surface area contributed by atoms with Gasteiger partial charge in [0.2, 0.25) is 0 Å². The molecular formula is C12H11NO4. The van der Waals surface area contributed by atoms with Crippen molar-refractivity contribution in [2.45, 2.75) is 19.4 Å². The average molecular weight is 233 g/mol. The topological polar surface area (TPSA) is 69.4 Å². The number of rotatable bonds is 4. The molecule has 5 heteroatoms. The highest BCUT2D eigenvalue weighted by molar-refractivity contribution is 5.73. The summed E-state index contributed by atoms with van der Waals surface area (Å²) in [6, 6.07) is 5.71. The van der Waals surface area contributed by atoms with E-state index in [0.29, 0.717) is 5.56 Å². The molecule has 1 rings (SSSR count). The van der Waals surface area contributed by atoms with Crippen LogP contribution in [0.3, 0.4) is 0 Å². The summed E-state index contributed by atoms with van der Waals surface area (Å²) in [5.41, 5.74) is 0.629. The number of nitro groups is 1. The van der Waals surface area contributed by atoms with Crippen LogP contribution in [0, 0.1) is 22.5 Å². The predicted octanol–water partition coefficient (Wildman–Crippen LogP) is 1.70. The van der Waals surface area contributed by atoms with Crippen LogP contribution in [0.15, 0.2) is 24.3 Å². The molecule has 0 aliphatic heterocycles. The summed E-state index contributed by atoms with van der Waals surface area (Å²) in [4.78, 5) is 21.3. The number of hydrogen-bond acceptors (Lipinski definition) is 4. The molecule has 0 amide bonds. The van der Waals surface area contributed by atoms with Crippen LogP contribution in [0.25, 0.3) is 0 Å². The van der Waals surface area contributed by atoms with Gasteiger partial charge in [-0.05, 0) is 12.5 Å². The fourth-order valence-electron chi connectivity index (χ4n) is 1.18. The number of carbonyl (C=O) groups excluding carboxylic acids is 1. The molecule has 1 atom stereocenters. The standard InChI is InChI=1S/C12H11NO4/c1-3-9(2)17-12(14)8-10-4-6-11(7-5-10)13(15)16/h1,4-7,9H,8H2,2H3. The molecule has 0 heterocycles. The Hall–Kier alpha value is -2.35. The van der Waals surface area contributed by atoms with E-state index in [1.807, 2.05) is 0 Å². The summed E-state index contributed by atoms with van der Waals surface area (Å²) in [7, 11) is 0. The second-order valence-corrected chi connectivity index (χ2v) is 3.40. The van der Waals surface area contributed by atoms with Crippen molar-refractivity contribution in [1.82, 2.24) is 0 Å². The maximum Gasteiger partial charge on any atom is 0.311 e. The van der Waals surface area contributed by atoms with E-state index in [1.165, 1.54) is 24.3 Å². The molecule has 0 aromatic heterocycles. The lowest BCUT2D eigenvalue weighted by molar-refractivity contribution is -0.384. The normalized spacial score (nSPS) is 11.3. The zero-order chi connectivity index (χ0) is 12.8. The van der Waals surface area contributed by atoms with Crippen molar-refractivity contribution in [2.75, 3.05) is 0 Å². The Morgan fingerprint density at radius 2 is 2.12 bits per heavy atom. The van der Waals surface area contributed by atoms with Crippen molar-refractivity contribution in [2.24, 2.45) is 0 Å². The average Bonchev–Trinajstić information content (AvgIpc) is 2.29. The molecule has 0 spiro atoms. The van der Waals surface area contributed by atoms with Crippen molar-refractivity contribution in [3.05, 3.63) is 39.9 Å². The van der Waals surface area contributed by atoms with Crippen molar-refractivity contribution >= 4 is 11.7 Å². The lowest BCUT2D eigenvalue weighted by Gasteiger charge is -2.06. The molecule has 0 bridgehead atoms. The molecule has 1 aromatic rings. The number of non-ortho nitro benzene ring substituents is 1. The van der Waals surface area contributed by atoms with E-state index in [0.717, 1.165) is 0 Å². The van der Waals surface area contributed by atoms with Gasteiger partial charge in [-0.25, -0.2) is 0 Å². The maximum atomic E-state index is 11.3. The molecule has 1 aromatic carbocycles. The van der Waals surface area contributed by atoms with Crippen LogP contribution in [0.4, 0.5) is 5.69 Å².